The van der Waals surface area contributed by atoms with Crippen LogP contribution >= 0.6 is 58.2 Å². The van der Waals surface area contributed by atoms with E-state index in [4.69, 9.17) is 46.4 Å². The first-order chi connectivity index (χ1) is 8.65. The molecule has 1 nitrogen and oxygen atoms in total. The van der Waals surface area contributed by atoms with Crippen molar-refractivity contribution in [2.75, 3.05) is 5.75 Å². The van der Waals surface area contributed by atoms with E-state index in [1.54, 1.807) is 0 Å². The lowest BCUT2D eigenvalue weighted by Gasteiger charge is -2.18. The first-order valence-corrected chi connectivity index (χ1v) is 8.32. The van der Waals surface area contributed by atoms with E-state index in [9.17, 15) is 5.11 Å². The molecule has 0 spiro atoms. The summed E-state index contributed by atoms with van der Waals surface area (Å²) in [5.74, 6) is 0.603. The molecule has 19 heavy (non-hydrogen) atoms. The molecule has 0 fully saturated rings. The molecular formula is C13H16Cl4OS. The minimum atomic E-state index is -0.266. The molecule has 0 amide bonds. The van der Waals surface area contributed by atoms with E-state index in [-0.39, 0.29) is 25.8 Å². The molecule has 0 aliphatic carbocycles. The van der Waals surface area contributed by atoms with Gasteiger partial charge in [0, 0.05) is 4.90 Å². The summed E-state index contributed by atoms with van der Waals surface area (Å²) in [6.45, 7) is 6.60. The van der Waals surface area contributed by atoms with Gasteiger partial charge in [-0.05, 0) is 24.0 Å². The van der Waals surface area contributed by atoms with Crippen molar-refractivity contribution in [3.8, 4) is 5.75 Å². The smallest absolute Gasteiger partial charge is 0.155 e. The average Bonchev–Trinajstić information content (AvgIpc) is 2.32. The molecule has 0 bridgehead atoms. The lowest BCUT2D eigenvalue weighted by atomic mass is 9.91. The third-order valence-electron chi connectivity index (χ3n) is 2.52. The summed E-state index contributed by atoms with van der Waals surface area (Å²) in [5, 5.41) is 10.2. The van der Waals surface area contributed by atoms with E-state index < -0.39 is 0 Å². The standard InChI is InChI=1S/C13H16Cl4OS/c1-13(2,3)5-4-6-19-12-9(16)7(14)11(18)8(15)10(12)17/h18H,4-6H2,1-3H3. The molecule has 1 N–H and O–H groups in total. The third-order valence-corrected chi connectivity index (χ3v) is 5.62. The van der Waals surface area contributed by atoms with Crippen LogP contribution in [0.1, 0.15) is 33.6 Å². The van der Waals surface area contributed by atoms with Crippen molar-refractivity contribution in [2.45, 2.75) is 38.5 Å². The molecule has 1 aromatic carbocycles. The number of rotatable bonds is 4. The number of hydrogen-bond acceptors (Lipinski definition) is 2. The second-order valence-electron chi connectivity index (χ2n) is 5.45. The minimum absolute atomic E-state index is 0.0504. The van der Waals surface area contributed by atoms with Crippen molar-refractivity contribution in [3.63, 3.8) is 0 Å². The molecule has 0 aliphatic rings. The highest BCUT2D eigenvalue weighted by molar-refractivity contribution is 7.99. The van der Waals surface area contributed by atoms with Crippen molar-refractivity contribution in [3.05, 3.63) is 20.1 Å². The summed E-state index contributed by atoms with van der Waals surface area (Å²) in [6, 6.07) is 0. The van der Waals surface area contributed by atoms with Gasteiger partial charge in [-0.3, -0.25) is 0 Å². The predicted octanol–water partition coefficient (Wildman–Crippen LogP) is 6.92. The number of hydrogen-bond donors (Lipinski definition) is 1. The van der Waals surface area contributed by atoms with Crippen LogP contribution in [0.25, 0.3) is 0 Å². The Morgan fingerprint density at radius 3 is 1.84 bits per heavy atom. The fourth-order valence-corrected chi connectivity index (χ4v) is 3.74. The lowest BCUT2D eigenvalue weighted by Crippen LogP contribution is -2.04. The number of aromatic hydroxyl groups is 1. The highest BCUT2D eigenvalue weighted by Gasteiger charge is 2.20. The van der Waals surface area contributed by atoms with Gasteiger partial charge >= 0.3 is 0 Å². The van der Waals surface area contributed by atoms with Crippen LogP contribution in [0, 0.1) is 5.41 Å². The molecule has 0 unspecified atom stereocenters. The Hall–Kier alpha value is 0.530. The summed E-state index contributed by atoms with van der Waals surface area (Å²) in [5.41, 5.74) is 0.304. The Labute approximate surface area is 138 Å². The summed E-state index contributed by atoms with van der Waals surface area (Å²) < 4.78 is 0. The van der Waals surface area contributed by atoms with Crippen LogP contribution in [0.5, 0.6) is 5.75 Å². The van der Waals surface area contributed by atoms with Gasteiger partial charge in [-0.25, -0.2) is 0 Å². The van der Waals surface area contributed by atoms with Gasteiger partial charge in [0.15, 0.2) is 5.75 Å². The zero-order valence-corrected chi connectivity index (χ0v) is 14.8. The molecule has 0 atom stereocenters. The number of benzene rings is 1. The minimum Gasteiger partial charge on any atom is -0.505 e. The topological polar surface area (TPSA) is 20.2 Å². The molecular weight excluding hydrogens is 346 g/mol. The Morgan fingerprint density at radius 2 is 1.42 bits per heavy atom. The first kappa shape index (κ1) is 17.6. The van der Waals surface area contributed by atoms with Gasteiger partial charge in [-0.15, -0.1) is 11.8 Å². The number of thioether (sulfide) groups is 1. The van der Waals surface area contributed by atoms with Crippen LogP contribution < -0.4 is 0 Å². The zero-order valence-electron chi connectivity index (χ0n) is 11.0. The van der Waals surface area contributed by atoms with E-state index in [1.807, 2.05) is 0 Å². The Bertz CT molecular complexity index is 440. The van der Waals surface area contributed by atoms with Crippen LogP contribution in [0.2, 0.25) is 20.1 Å². The normalized spacial score (nSPS) is 11.9. The number of halogens is 4. The van der Waals surface area contributed by atoms with Gasteiger partial charge in [0.25, 0.3) is 0 Å². The van der Waals surface area contributed by atoms with Crippen LogP contribution in [0.4, 0.5) is 0 Å². The zero-order chi connectivity index (χ0) is 14.8. The van der Waals surface area contributed by atoms with Crippen LogP contribution in [0.3, 0.4) is 0 Å². The molecule has 0 saturated carbocycles. The van der Waals surface area contributed by atoms with Crippen molar-refractivity contribution in [1.82, 2.24) is 0 Å². The summed E-state index contributed by atoms with van der Waals surface area (Å²) >= 11 is 25.5. The molecule has 0 aromatic heterocycles. The van der Waals surface area contributed by atoms with E-state index in [1.165, 1.54) is 11.8 Å². The van der Waals surface area contributed by atoms with Crippen LogP contribution in [-0.2, 0) is 0 Å². The lowest BCUT2D eigenvalue weighted by molar-refractivity contribution is 0.375. The van der Waals surface area contributed by atoms with Crippen molar-refractivity contribution < 1.29 is 5.11 Å². The van der Waals surface area contributed by atoms with E-state index in [2.05, 4.69) is 20.8 Å². The van der Waals surface area contributed by atoms with E-state index in [0.29, 0.717) is 10.3 Å². The van der Waals surface area contributed by atoms with Gasteiger partial charge < -0.3 is 5.11 Å². The fraction of sp³-hybridized carbons (Fsp3) is 0.538. The highest BCUT2D eigenvalue weighted by Crippen LogP contribution is 2.49. The molecule has 0 radical (unpaired) electrons. The van der Waals surface area contributed by atoms with Crippen LogP contribution in [0.15, 0.2) is 4.90 Å². The maximum atomic E-state index is 9.63. The number of phenols is 1. The quantitative estimate of drug-likeness (QED) is 0.356. The van der Waals surface area contributed by atoms with Crippen molar-refractivity contribution in [2.24, 2.45) is 5.41 Å². The molecule has 0 heterocycles. The summed E-state index contributed by atoms with van der Waals surface area (Å²) in [6.07, 6.45) is 2.14. The largest absolute Gasteiger partial charge is 0.505 e. The molecule has 0 saturated heterocycles. The van der Waals surface area contributed by atoms with Gasteiger partial charge in [-0.1, -0.05) is 67.2 Å². The second kappa shape index (κ2) is 7.00. The van der Waals surface area contributed by atoms with E-state index >= 15 is 0 Å². The average molecular weight is 362 g/mol. The molecule has 0 aliphatic heterocycles. The Morgan fingerprint density at radius 1 is 0.947 bits per heavy atom. The van der Waals surface area contributed by atoms with Crippen molar-refractivity contribution >= 4 is 58.2 Å². The maximum absolute atomic E-state index is 9.63. The van der Waals surface area contributed by atoms with Gasteiger partial charge in [0.2, 0.25) is 0 Å². The molecule has 6 heteroatoms. The predicted molar refractivity (Wildman–Crippen MR) is 87.6 cm³/mol. The Kier molecular flexibility index (Phi) is 6.47. The second-order valence-corrected chi connectivity index (χ2v) is 8.06. The highest BCUT2D eigenvalue weighted by atomic mass is 35.5. The SMILES string of the molecule is CC(C)(C)CCCSc1c(Cl)c(Cl)c(O)c(Cl)c1Cl. The van der Waals surface area contributed by atoms with E-state index in [0.717, 1.165) is 18.6 Å². The third kappa shape index (κ3) is 4.78. The monoisotopic (exact) mass is 360 g/mol. The van der Waals surface area contributed by atoms with Gasteiger partial charge in [0.05, 0.1) is 10.0 Å². The molecule has 1 aromatic rings. The Balaban J connectivity index is 2.80. The van der Waals surface area contributed by atoms with Crippen LogP contribution in [-0.4, -0.2) is 10.9 Å². The maximum Gasteiger partial charge on any atom is 0.155 e. The summed E-state index contributed by atoms with van der Waals surface area (Å²) in [4.78, 5) is 0.630. The summed E-state index contributed by atoms with van der Waals surface area (Å²) in [7, 11) is 0. The van der Waals surface area contributed by atoms with Gasteiger partial charge in [0.1, 0.15) is 10.0 Å². The fourth-order valence-electron chi connectivity index (χ4n) is 1.50. The first-order valence-electron chi connectivity index (χ1n) is 5.83. The molecule has 1 rings (SSSR count). The molecule has 108 valence electrons. The van der Waals surface area contributed by atoms with Crippen molar-refractivity contribution in [1.29, 1.82) is 0 Å². The van der Waals surface area contributed by atoms with Gasteiger partial charge in [-0.2, -0.15) is 0 Å². The number of phenolic OH excluding ortho intramolecular Hbond substituents is 1.